The Labute approximate surface area is 113 Å². The fourth-order valence-electron chi connectivity index (χ4n) is 2.30. The van der Waals surface area contributed by atoms with Crippen LogP contribution in [0.5, 0.6) is 0 Å². The lowest BCUT2D eigenvalue weighted by Gasteiger charge is -2.19. The normalized spacial score (nSPS) is 13.4. The van der Waals surface area contributed by atoms with Crippen LogP contribution in [0.1, 0.15) is 11.4 Å². The monoisotopic (exact) mass is 262 g/mol. The van der Waals surface area contributed by atoms with Crippen LogP contribution >= 0.6 is 0 Å². The molecule has 5 nitrogen and oxygen atoms in total. The molecule has 0 radical (unpaired) electrons. The number of likely N-dealkylation sites (N-methyl/N-ethyl adjacent to an activating group) is 1. The van der Waals surface area contributed by atoms with Crippen LogP contribution in [0.15, 0.2) is 18.2 Å². The third-order valence-corrected chi connectivity index (χ3v) is 3.40. The molecule has 1 aromatic carbocycles. The maximum atomic E-state index is 8.96. The molecule has 0 fully saturated rings. The molecule has 0 amide bonds. The summed E-state index contributed by atoms with van der Waals surface area (Å²) in [6.45, 7) is 3.50. The summed E-state index contributed by atoms with van der Waals surface area (Å²) in [5.74, 6) is 1.02. The molecule has 1 atom stereocenters. The molecule has 5 heteroatoms. The summed E-state index contributed by atoms with van der Waals surface area (Å²) in [5, 5.41) is 8.96. The highest BCUT2D eigenvalue weighted by Gasteiger charge is 2.08. The van der Waals surface area contributed by atoms with Gasteiger partial charge in [-0.3, -0.25) is 0 Å². The zero-order valence-electron chi connectivity index (χ0n) is 11.8. The third-order valence-electron chi connectivity index (χ3n) is 3.40. The second-order valence-corrected chi connectivity index (χ2v) is 5.18. The van der Waals surface area contributed by atoms with Gasteiger partial charge in [0.15, 0.2) is 0 Å². The van der Waals surface area contributed by atoms with Gasteiger partial charge in [-0.25, -0.2) is 4.98 Å². The minimum absolute atomic E-state index is 0.0167. The molecule has 0 aliphatic rings. The van der Waals surface area contributed by atoms with Gasteiger partial charge in [0.1, 0.15) is 5.82 Å². The summed E-state index contributed by atoms with van der Waals surface area (Å²) in [4.78, 5) is 6.65. The molecule has 19 heavy (non-hydrogen) atoms. The molecule has 0 aliphatic heterocycles. The fourth-order valence-corrected chi connectivity index (χ4v) is 2.30. The van der Waals surface area contributed by atoms with Crippen molar-refractivity contribution in [2.75, 3.05) is 20.2 Å². The Balaban J connectivity index is 2.13. The quantitative estimate of drug-likeness (QED) is 0.829. The number of rotatable bonds is 5. The van der Waals surface area contributed by atoms with Crippen LogP contribution in [0.3, 0.4) is 0 Å². The Morgan fingerprint density at radius 1 is 1.47 bits per heavy atom. The molecule has 2 aromatic rings. The van der Waals surface area contributed by atoms with Crippen LogP contribution in [0.25, 0.3) is 11.0 Å². The summed E-state index contributed by atoms with van der Waals surface area (Å²) in [7, 11) is 4.03. The van der Waals surface area contributed by atoms with Gasteiger partial charge in [-0.1, -0.05) is 6.07 Å². The summed E-state index contributed by atoms with van der Waals surface area (Å²) >= 11 is 0. The van der Waals surface area contributed by atoms with Gasteiger partial charge >= 0.3 is 0 Å². The predicted molar refractivity (Wildman–Crippen MR) is 76.8 cm³/mol. The SMILES string of the molecule is Cc1nc2cc(CN(C)CC(N)CO)ccc2n1C. The number of hydrogen-bond donors (Lipinski definition) is 2. The molecule has 104 valence electrons. The van der Waals surface area contributed by atoms with E-state index in [-0.39, 0.29) is 12.6 Å². The van der Waals surface area contributed by atoms with E-state index in [2.05, 4.69) is 32.7 Å². The average Bonchev–Trinajstić information content (AvgIpc) is 2.64. The number of fused-ring (bicyclic) bond motifs is 1. The largest absolute Gasteiger partial charge is 0.395 e. The molecule has 0 saturated carbocycles. The van der Waals surface area contributed by atoms with E-state index in [1.807, 2.05) is 21.0 Å². The number of nitrogens with zero attached hydrogens (tertiary/aromatic N) is 3. The maximum absolute atomic E-state index is 8.96. The Bertz CT molecular complexity index is 564. The number of hydrogen-bond acceptors (Lipinski definition) is 4. The van der Waals surface area contributed by atoms with E-state index >= 15 is 0 Å². The standard InChI is InChI=1S/C14H22N4O/c1-10-16-13-6-11(4-5-14(13)18(10)3)7-17(2)8-12(15)9-19/h4-6,12,19H,7-9,15H2,1-3H3. The smallest absolute Gasteiger partial charge is 0.106 e. The van der Waals surface area contributed by atoms with Crippen molar-refractivity contribution < 1.29 is 5.11 Å². The van der Waals surface area contributed by atoms with E-state index < -0.39 is 0 Å². The first-order valence-electron chi connectivity index (χ1n) is 6.48. The number of nitrogens with two attached hydrogens (primary N) is 1. The summed E-state index contributed by atoms with van der Waals surface area (Å²) < 4.78 is 2.09. The van der Waals surface area contributed by atoms with Gasteiger partial charge in [0, 0.05) is 26.2 Å². The summed E-state index contributed by atoms with van der Waals surface area (Å²) in [6, 6.07) is 6.14. The van der Waals surface area contributed by atoms with Crippen LogP contribution in [0, 0.1) is 6.92 Å². The van der Waals surface area contributed by atoms with Crippen LogP contribution < -0.4 is 5.73 Å². The molecule has 0 spiro atoms. The van der Waals surface area contributed by atoms with Crippen molar-refractivity contribution in [3.8, 4) is 0 Å². The molecule has 1 heterocycles. The Kier molecular flexibility index (Phi) is 4.19. The molecule has 0 aliphatic carbocycles. The van der Waals surface area contributed by atoms with Gasteiger partial charge < -0.3 is 20.3 Å². The Morgan fingerprint density at radius 3 is 2.89 bits per heavy atom. The topological polar surface area (TPSA) is 67.3 Å². The minimum atomic E-state index is -0.189. The Morgan fingerprint density at radius 2 is 2.21 bits per heavy atom. The lowest BCUT2D eigenvalue weighted by atomic mass is 10.2. The van der Waals surface area contributed by atoms with Crippen molar-refractivity contribution in [1.82, 2.24) is 14.5 Å². The van der Waals surface area contributed by atoms with Gasteiger partial charge in [0.25, 0.3) is 0 Å². The highest BCUT2D eigenvalue weighted by atomic mass is 16.3. The summed E-state index contributed by atoms with van der Waals surface area (Å²) in [6.07, 6.45) is 0. The molecule has 1 aromatic heterocycles. The second kappa shape index (κ2) is 5.69. The molecular formula is C14H22N4O. The van der Waals surface area contributed by atoms with E-state index in [0.717, 1.165) is 23.4 Å². The van der Waals surface area contributed by atoms with Crippen molar-refractivity contribution in [3.63, 3.8) is 0 Å². The lowest BCUT2D eigenvalue weighted by Crippen LogP contribution is -2.37. The number of aromatic nitrogens is 2. The highest BCUT2D eigenvalue weighted by Crippen LogP contribution is 2.17. The van der Waals surface area contributed by atoms with Gasteiger partial charge in [-0.2, -0.15) is 0 Å². The number of aliphatic hydroxyl groups excluding tert-OH is 1. The van der Waals surface area contributed by atoms with Gasteiger partial charge in [-0.15, -0.1) is 0 Å². The van der Waals surface area contributed by atoms with E-state index in [4.69, 9.17) is 10.8 Å². The molecule has 2 rings (SSSR count). The average molecular weight is 262 g/mol. The maximum Gasteiger partial charge on any atom is 0.106 e. The number of aliphatic hydroxyl groups is 1. The van der Waals surface area contributed by atoms with E-state index in [1.165, 1.54) is 5.56 Å². The zero-order valence-corrected chi connectivity index (χ0v) is 11.8. The number of imidazole rings is 1. The number of benzene rings is 1. The number of aryl methyl sites for hydroxylation is 2. The van der Waals surface area contributed by atoms with Crippen molar-refractivity contribution in [2.24, 2.45) is 12.8 Å². The fraction of sp³-hybridized carbons (Fsp3) is 0.500. The van der Waals surface area contributed by atoms with E-state index in [9.17, 15) is 0 Å². The molecule has 3 N–H and O–H groups in total. The molecule has 0 saturated heterocycles. The second-order valence-electron chi connectivity index (χ2n) is 5.18. The van der Waals surface area contributed by atoms with Gasteiger partial charge in [0.05, 0.1) is 17.6 Å². The van der Waals surface area contributed by atoms with E-state index in [0.29, 0.717) is 6.54 Å². The molecule has 0 bridgehead atoms. The molecule has 1 unspecified atom stereocenters. The van der Waals surface area contributed by atoms with Crippen molar-refractivity contribution in [3.05, 3.63) is 29.6 Å². The lowest BCUT2D eigenvalue weighted by molar-refractivity contribution is 0.218. The summed E-state index contributed by atoms with van der Waals surface area (Å²) in [5.41, 5.74) is 9.11. The van der Waals surface area contributed by atoms with Crippen molar-refractivity contribution in [1.29, 1.82) is 0 Å². The van der Waals surface area contributed by atoms with Crippen molar-refractivity contribution >= 4 is 11.0 Å². The van der Waals surface area contributed by atoms with E-state index in [1.54, 1.807) is 0 Å². The van der Waals surface area contributed by atoms with Crippen LogP contribution in [0.4, 0.5) is 0 Å². The highest BCUT2D eigenvalue weighted by molar-refractivity contribution is 5.76. The molecular weight excluding hydrogens is 240 g/mol. The first-order valence-corrected chi connectivity index (χ1v) is 6.48. The first kappa shape index (κ1) is 14.0. The minimum Gasteiger partial charge on any atom is -0.395 e. The third kappa shape index (κ3) is 3.12. The van der Waals surface area contributed by atoms with Crippen LogP contribution in [-0.4, -0.2) is 45.8 Å². The predicted octanol–water partition coefficient (Wildman–Crippen LogP) is 0.633. The van der Waals surface area contributed by atoms with Crippen molar-refractivity contribution in [2.45, 2.75) is 19.5 Å². The van der Waals surface area contributed by atoms with Crippen LogP contribution in [-0.2, 0) is 13.6 Å². The van der Waals surface area contributed by atoms with Gasteiger partial charge in [-0.05, 0) is 31.7 Å². The van der Waals surface area contributed by atoms with Gasteiger partial charge in [0.2, 0.25) is 0 Å². The Hall–Kier alpha value is -1.43. The first-order chi connectivity index (χ1) is 9.01. The zero-order chi connectivity index (χ0) is 14.0. The van der Waals surface area contributed by atoms with Crippen LogP contribution in [0.2, 0.25) is 0 Å².